The summed E-state index contributed by atoms with van der Waals surface area (Å²) in [4.78, 5) is 3.00. The van der Waals surface area contributed by atoms with Gasteiger partial charge in [-0.05, 0) is 57.2 Å². The van der Waals surface area contributed by atoms with Gasteiger partial charge in [0.1, 0.15) is 0 Å². The summed E-state index contributed by atoms with van der Waals surface area (Å²) in [7, 11) is 0. The van der Waals surface area contributed by atoms with Gasteiger partial charge in [-0.1, -0.05) is 13.8 Å². The second-order valence-electron chi connectivity index (χ2n) is 5.38. The lowest BCUT2D eigenvalue weighted by molar-refractivity contribution is 0.0997. The molecule has 2 heterocycles. The van der Waals surface area contributed by atoms with E-state index in [9.17, 15) is 0 Å². The van der Waals surface area contributed by atoms with Crippen molar-refractivity contribution in [3.63, 3.8) is 0 Å². The van der Waals surface area contributed by atoms with Gasteiger partial charge < -0.3 is 10.1 Å². The van der Waals surface area contributed by atoms with E-state index < -0.39 is 0 Å². The van der Waals surface area contributed by atoms with E-state index in [1.165, 1.54) is 41.9 Å². The fourth-order valence-electron chi connectivity index (χ4n) is 2.66. The van der Waals surface area contributed by atoms with Crippen LogP contribution in [-0.2, 0) is 11.2 Å². The number of hydrogen-bond acceptors (Lipinski definition) is 3. The smallest absolute Gasteiger partial charge is 0.0576 e. The summed E-state index contributed by atoms with van der Waals surface area (Å²) in [6.07, 6.45) is 7.76. The van der Waals surface area contributed by atoms with Gasteiger partial charge in [-0.3, -0.25) is 0 Å². The molecule has 2 unspecified atom stereocenters. The highest BCUT2D eigenvalue weighted by Crippen LogP contribution is 2.29. The van der Waals surface area contributed by atoms with Crippen molar-refractivity contribution in [1.82, 2.24) is 5.32 Å². The van der Waals surface area contributed by atoms with E-state index in [1.54, 1.807) is 0 Å². The fraction of sp³-hybridized carbons (Fsp3) is 0.750. The van der Waals surface area contributed by atoms with Gasteiger partial charge in [-0.2, -0.15) is 0 Å². The van der Waals surface area contributed by atoms with Crippen molar-refractivity contribution in [2.75, 3.05) is 13.2 Å². The van der Waals surface area contributed by atoms with Gasteiger partial charge in [0, 0.05) is 22.4 Å². The van der Waals surface area contributed by atoms with Crippen LogP contribution in [0.1, 0.15) is 61.7 Å². The third-order valence-corrected chi connectivity index (χ3v) is 5.16. The van der Waals surface area contributed by atoms with Crippen LogP contribution in [0.2, 0.25) is 0 Å². The average molecular weight is 281 g/mol. The Bertz CT molecular complexity index is 357. The minimum Gasteiger partial charge on any atom is -0.378 e. The van der Waals surface area contributed by atoms with Crippen molar-refractivity contribution in [1.29, 1.82) is 0 Å². The first kappa shape index (κ1) is 15.0. The molecule has 2 rings (SSSR count). The summed E-state index contributed by atoms with van der Waals surface area (Å²) >= 11 is 1.97. The summed E-state index contributed by atoms with van der Waals surface area (Å²) in [6, 6.07) is 5.12. The maximum Gasteiger partial charge on any atom is 0.0576 e. The molecule has 0 spiro atoms. The van der Waals surface area contributed by atoms with Crippen molar-refractivity contribution in [3.8, 4) is 0 Å². The third kappa shape index (κ3) is 4.59. The minimum atomic E-state index is 0.511. The summed E-state index contributed by atoms with van der Waals surface area (Å²) in [6.45, 7) is 6.54. The molecule has 0 saturated carbocycles. The predicted octanol–water partition coefficient (Wildman–Crippen LogP) is 4.31. The van der Waals surface area contributed by atoms with Crippen LogP contribution in [0.5, 0.6) is 0 Å². The normalized spacial score (nSPS) is 20.8. The summed E-state index contributed by atoms with van der Waals surface area (Å²) < 4.78 is 5.75. The maximum absolute atomic E-state index is 5.75. The van der Waals surface area contributed by atoms with E-state index in [2.05, 4.69) is 31.3 Å². The lowest BCUT2D eigenvalue weighted by Crippen LogP contribution is -2.22. The van der Waals surface area contributed by atoms with E-state index in [0.717, 1.165) is 19.6 Å². The fourth-order valence-corrected chi connectivity index (χ4v) is 3.72. The van der Waals surface area contributed by atoms with Gasteiger partial charge in [0.05, 0.1) is 6.10 Å². The molecular formula is C16H27NOS. The highest BCUT2D eigenvalue weighted by molar-refractivity contribution is 7.12. The first-order chi connectivity index (χ1) is 9.33. The van der Waals surface area contributed by atoms with E-state index in [-0.39, 0.29) is 0 Å². The standard InChI is InChI=1S/C16H27NOS/c1-3-11-17-15(9-7-13-6-5-12-18-13)16-10-8-14(4-2)19-16/h8,10,13,15,17H,3-7,9,11-12H2,1-2H3. The molecule has 1 fully saturated rings. The minimum absolute atomic E-state index is 0.511. The van der Waals surface area contributed by atoms with Crippen LogP contribution in [0.3, 0.4) is 0 Å². The van der Waals surface area contributed by atoms with Crippen LogP contribution < -0.4 is 5.32 Å². The Morgan fingerprint density at radius 2 is 2.32 bits per heavy atom. The maximum atomic E-state index is 5.75. The Balaban J connectivity index is 1.89. The van der Waals surface area contributed by atoms with Gasteiger partial charge in [-0.15, -0.1) is 11.3 Å². The largest absolute Gasteiger partial charge is 0.378 e. The van der Waals surface area contributed by atoms with Crippen LogP contribution in [-0.4, -0.2) is 19.3 Å². The van der Waals surface area contributed by atoms with Gasteiger partial charge in [0.25, 0.3) is 0 Å². The average Bonchev–Trinajstić information content (AvgIpc) is 3.09. The molecule has 3 heteroatoms. The molecule has 2 atom stereocenters. The third-order valence-electron chi connectivity index (χ3n) is 3.82. The highest BCUT2D eigenvalue weighted by Gasteiger charge is 2.19. The molecule has 0 aliphatic carbocycles. The number of rotatable bonds is 8. The van der Waals surface area contributed by atoms with Crippen LogP contribution in [0, 0.1) is 0 Å². The van der Waals surface area contributed by atoms with Crippen molar-refractivity contribution >= 4 is 11.3 Å². The Morgan fingerprint density at radius 1 is 1.42 bits per heavy atom. The van der Waals surface area contributed by atoms with Crippen LogP contribution in [0.4, 0.5) is 0 Å². The molecule has 0 bridgehead atoms. The highest BCUT2D eigenvalue weighted by atomic mass is 32.1. The first-order valence-electron chi connectivity index (χ1n) is 7.77. The molecule has 0 aromatic carbocycles. The number of ether oxygens (including phenoxy) is 1. The predicted molar refractivity (Wildman–Crippen MR) is 82.9 cm³/mol. The van der Waals surface area contributed by atoms with Crippen molar-refractivity contribution in [2.24, 2.45) is 0 Å². The number of aryl methyl sites for hydroxylation is 1. The molecule has 0 radical (unpaired) electrons. The second-order valence-corrected chi connectivity index (χ2v) is 6.58. The van der Waals surface area contributed by atoms with E-state index >= 15 is 0 Å². The summed E-state index contributed by atoms with van der Waals surface area (Å²) in [5.41, 5.74) is 0. The number of thiophene rings is 1. The molecule has 1 aliphatic heterocycles. The van der Waals surface area contributed by atoms with Crippen LogP contribution >= 0.6 is 11.3 Å². The summed E-state index contributed by atoms with van der Waals surface area (Å²) in [5.74, 6) is 0. The number of hydrogen-bond donors (Lipinski definition) is 1. The molecule has 1 aliphatic rings. The SMILES string of the molecule is CCCNC(CCC1CCCO1)c1ccc(CC)s1. The molecule has 1 aromatic heterocycles. The van der Waals surface area contributed by atoms with E-state index in [1.807, 2.05) is 11.3 Å². The zero-order chi connectivity index (χ0) is 13.5. The molecule has 108 valence electrons. The lowest BCUT2D eigenvalue weighted by Gasteiger charge is -2.19. The van der Waals surface area contributed by atoms with Gasteiger partial charge in [0.2, 0.25) is 0 Å². The van der Waals surface area contributed by atoms with Gasteiger partial charge in [-0.25, -0.2) is 0 Å². The zero-order valence-corrected chi connectivity index (χ0v) is 13.1. The molecule has 19 heavy (non-hydrogen) atoms. The van der Waals surface area contributed by atoms with Gasteiger partial charge >= 0.3 is 0 Å². The zero-order valence-electron chi connectivity index (χ0n) is 12.3. The van der Waals surface area contributed by atoms with Crippen LogP contribution in [0.25, 0.3) is 0 Å². The second kappa shape index (κ2) is 8.03. The van der Waals surface area contributed by atoms with E-state index in [0.29, 0.717) is 12.1 Å². The topological polar surface area (TPSA) is 21.3 Å². The molecule has 1 aromatic rings. The Labute approximate surface area is 121 Å². The first-order valence-corrected chi connectivity index (χ1v) is 8.58. The Kier molecular flexibility index (Phi) is 6.35. The van der Waals surface area contributed by atoms with Crippen molar-refractivity contribution in [2.45, 2.75) is 64.5 Å². The van der Waals surface area contributed by atoms with Crippen molar-refractivity contribution < 1.29 is 4.74 Å². The summed E-state index contributed by atoms with van der Waals surface area (Å²) in [5, 5.41) is 3.70. The molecule has 1 saturated heterocycles. The Hall–Kier alpha value is -0.380. The quantitative estimate of drug-likeness (QED) is 0.766. The van der Waals surface area contributed by atoms with Crippen LogP contribution in [0.15, 0.2) is 12.1 Å². The molecule has 1 N–H and O–H groups in total. The van der Waals surface area contributed by atoms with Gasteiger partial charge in [0.15, 0.2) is 0 Å². The monoisotopic (exact) mass is 281 g/mol. The molecule has 2 nitrogen and oxygen atoms in total. The number of nitrogens with one attached hydrogen (secondary N) is 1. The Morgan fingerprint density at radius 3 is 2.95 bits per heavy atom. The van der Waals surface area contributed by atoms with E-state index in [4.69, 9.17) is 4.74 Å². The molecular weight excluding hydrogens is 254 g/mol. The van der Waals surface area contributed by atoms with Crippen molar-refractivity contribution in [3.05, 3.63) is 21.9 Å². The molecule has 0 amide bonds. The lowest BCUT2D eigenvalue weighted by atomic mass is 10.0.